The Morgan fingerprint density at radius 2 is 2.06 bits per heavy atom. The third-order valence-corrected chi connectivity index (χ3v) is 4.07. The zero-order valence-electron chi connectivity index (χ0n) is 10.8. The molecule has 0 aromatic heterocycles. The van der Waals surface area contributed by atoms with Crippen molar-refractivity contribution >= 4 is 21.8 Å². The Hall–Kier alpha value is -0.870. The highest BCUT2D eigenvalue weighted by molar-refractivity contribution is 9.10. The van der Waals surface area contributed by atoms with Crippen molar-refractivity contribution in [2.24, 2.45) is 11.8 Å². The summed E-state index contributed by atoms with van der Waals surface area (Å²) in [6, 6.07) is 8.11. The molecule has 0 aliphatic carbocycles. The molecule has 98 valence electrons. The van der Waals surface area contributed by atoms with Gasteiger partial charge in [-0.05, 0) is 30.2 Å². The van der Waals surface area contributed by atoms with Crippen molar-refractivity contribution in [2.45, 2.75) is 13.5 Å². The van der Waals surface area contributed by atoms with E-state index in [4.69, 9.17) is 0 Å². The molecule has 18 heavy (non-hydrogen) atoms. The third-order valence-electron chi connectivity index (χ3n) is 3.54. The van der Waals surface area contributed by atoms with Crippen LogP contribution in [0.2, 0.25) is 0 Å². The van der Waals surface area contributed by atoms with Gasteiger partial charge < -0.3 is 10.2 Å². The second-order valence-electron chi connectivity index (χ2n) is 5.06. The number of benzene rings is 1. The molecule has 0 saturated carbocycles. The molecule has 1 fully saturated rings. The minimum atomic E-state index is 0.130. The van der Waals surface area contributed by atoms with Gasteiger partial charge in [0.15, 0.2) is 0 Å². The molecule has 1 amide bonds. The summed E-state index contributed by atoms with van der Waals surface area (Å²) in [5.41, 5.74) is 1.16. The Bertz CT molecular complexity index is 418. The van der Waals surface area contributed by atoms with Crippen LogP contribution in [0.3, 0.4) is 0 Å². The summed E-state index contributed by atoms with van der Waals surface area (Å²) in [7, 11) is 1.88. The van der Waals surface area contributed by atoms with Crippen molar-refractivity contribution in [3.63, 3.8) is 0 Å². The fourth-order valence-corrected chi connectivity index (χ4v) is 2.63. The quantitative estimate of drug-likeness (QED) is 0.929. The SMILES string of the molecule is C[C@@H]1CNC[C@H]1C(=O)N(C)Cc1ccc(Br)cc1. The van der Waals surface area contributed by atoms with Crippen LogP contribution >= 0.6 is 15.9 Å². The van der Waals surface area contributed by atoms with Gasteiger partial charge in [0.05, 0.1) is 5.92 Å². The second-order valence-corrected chi connectivity index (χ2v) is 5.98. The molecule has 1 aliphatic rings. The monoisotopic (exact) mass is 310 g/mol. The zero-order chi connectivity index (χ0) is 13.1. The predicted octanol–water partition coefficient (Wildman–Crippen LogP) is 2.26. The highest BCUT2D eigenvalue weighted by atomic mass is 79.9. The molecule has 1 heterocycles. The van der Waals surface area contributed by atoms with Gasteiger partial charge in [-0.2, -0.15) is 0 Å². The number of hydrogen-bond donors (Lipinski definition) is 1. The first-order chi connectivity index (χ1) is 8.58. The fourth-order valence-electron chi connectivity index (χ4n) is 2.37. The van der Waals surface area contributed by atoms with Crippen LogP contribution in [0, 0.1) is 11.8 Å². The van der Waals surface area contributed by atoms with Gasteiger partial charge in [-0.1, -0.05) is 35.0 Å². The van der Waals surface area contributed by atoms with Crippen molar-refractivity contribution in [3.8, 4) is 0 Å². The summed E-state index contributed by atoms with van der Waals surface area (Å²) in [6.07, 6.45) is 0. The number of amides is 1. The summed E-state index contributed by atoms with van der Waals surface area (Å²) < 4.78 is 1.06. The number of carbonyl (C=O) groups is 1. The molecule has 2 rings (SSSR count). The highest BCUT2D eigenvalue weighted by Gasteiger charge is 2.31. The summed E-state index contributed by atoms with van der Waals surface area (Å²) in [5, 5.41) is 3.28. The lowest BCUT2D eigenvalue weighted by molar-refractivity contribution is -0.135. The predicted molar refractivity (Wildman–Crippen MR) is 76.1 cm³/mol. The number of nitrogens with one attached hydrogen (secondary N) is 1. The van der Waals surface area contributed by atoms with Gasteiger partial charge in [-0.3, -0.25) is 4.79 Å². The molecule has 2 atom stereocenters. The van der Waals surface area contributed by atoms with Crippen LogP contribution in [0.25, 0.3) is 0 Å². The van der Waals surface area contributed by atoms with E-state index >= 15 is 0 Å². The van der Waals surface area contributed by atoms with Crippen LogP contribution in [0.5, 0.6) is 0 Å². The number of carbonyl (C=O) groups excluding carboxylic acids is 1. The maximum absolute atomic E-state index is 12.3. The molecule has 1 N–H and O–H groups in total. The van der Waals surface area contributed by atoms with Gasteiger partial charge in [-0.25, -0.2) is 0 Å². The Morgan fingerprint density at radius 1 is 1.39 bits per heavy atom. The van der Waals surface area contributed by atoms with E-state index in [-0.39, 0.29) is 11.8 Å². The maximum atomic E-state index is 12.3. The van der Waals surface area contributed by atoms with Crippen molar-refractivity contribution < 1.29 is 4.79 Å². The van der Waals surface area contributed by atoms with E-state index < -0.39 is 0 Å². The third kappa shape index (κ3) is 3.12. The lowest BCUT2D eigenvalue weighted by Gasteiger charge is -2.23. The van der Waals surface area contributed by atoms with E-state index in [0.29, 0.717) is 12.5 Å². The van der Waals surface area contributed by atoms with Crippen molar-refractivity contribution in [2.75, 3.05) is 20.1 Å². The molecule has 1 saturated heterocycles. The standard InChI is InChI=1S/C14H19BrN2O/c1-10-7-16-8-13(10)14(18)17(2)9-11-3-5-12(15)6-4-11/h3-6,10,13,16H,7-9H2,1-2H3/t10-,13-/m1/s1. The number of rotatable bonds is 3. The van der Waals surface area contributed by atoms with Crippen LogP contribution in [0.1, 0.15) is 12.5 Å². The van der Waals surface area contributed by atoms with E-state index in [1.807, 2.05) is 36.2 Å². The summed E-state index contributed by atoms with van der Waals surface area (Å²) >= 11 is 3.41. The molecule has 0 unspecified atom stereocenters. The van der Waals surface area contributed by atoms with Gasteiger partial charge >= 0.3 is 0 Å². The highest BCUT2D eigenvalue weighted by Crippen LogP contribution is 2.19. The maximum Gasteiger partial charge on any atom is 0.227 e. The molecule has 1 aromatic carbocycles. The van der Waals surface area contributed by atoms with Gasteiger partial charge in [0, 0.05) is 24.6 Å². The van der Waals surface area contributed by atoms with Crippen LogP contribution in [-0.2, 0) is 11.3 Å². The molecule has 0 bridgehead atoms. The van der Waals surface area contributed by atoms with Gasteiger partial charge in [0.2, 0.25) is 5.91 Å². The van der Waals surface area contributed by atoms with Gasteiger partial charge in [-0.15, -0.1) is 0 Å². The smallest absolute Gasteiger partial charge is 0.227 e. The van der Waals surface area contributed by atoms with Gasteiger partial charge in [0.1, 0.15) is 0 Å². The van der Waals surface area contributed by atoms with Crippen LogP contribution < -0.4 is 5.32 Å². The number of hydrogen-bond acceptors (Lipinski definition) is 2. The molecule has 1 aliphatic heterocycles. The summed E-state index contributed by atoms with van der Waals surface area (Å²) in [6.45, 7) is 4.57. The molecule has 4 heteroatoms. The molecular formula is C14H19BrN2O. The van der Waals surface area contributed by atoms with E-state index in [9.17, 15) is 4.79 Å². The van der Waals surface area contributed by atoms with Crippen molar-refractivity contribution in [1.82, 2.24) is 10.2 Å². The first kappa shape index (κ1) is 13.6. The number of halogens is 1. The minimum Gasteiger partial charge on any atom is -0.341 e. The van der Waals surface area contributed by atoms with E-state index in [1.165, 1.54) is 0 Å². The Morgan fingerprint density at radius 3 is 2.61 bits per heavy atom. The van der Waals surface area contributed by atoms with Crippen molar-refractivity contribution in [1.29, 1.82) is 0 Å². The molecule has 3 nitrogen and oxygen atoms in total. The molecule has 0 radical (unpaired) electrons. The first-order valence-electron chi connectivity index (χ1n) is 6.28. The van der Waals surface area contributed by atoms with Gasteiger partial charge in [0.25, 0.3) is 0 Å². The van der Waals surface area contributed by atoms with E-state index in [2.05, 4.69) is 28.2 Å². The van der Waals surface area contributed by atoms with Crippen LogP contribution in [-0.4, -0.2) is 30.9 Å². The largest absolute Gasteiger partial charge is 0.341 e. The number of nitrogens with zero attached hydrogens (tertiary/aromatic N) is 1. The van der Waals surface area contributed by atoms with E-state index in [0.717, 1.165) is 23.1 Å². The van der Waals surface area contributed by atoms with E-state index in [1.54, 1.807) is 0 Å². The second kappa shape index (κ2) is 5.85. The average Bonchev–Trinajstić information content (AvgIpc) is 2.77. The summed E-state index contributed by atoms with van der Waals surface area (Å²) in [5.74, 6) is 0.811. The lowest BCUT2D eigenvalue weighted by Crippen LogP contribution is -2.35. The Balaban J connectivity index is 1.97. The van der Waals surface area contributed by atoms with Crippen LogP contribution in [0.4, 0.5) is 0 Å². The van der Waals surface area contributed by atoms with Crippen molar-refractivity contribution in [3.05, 3.63) is 34.3 Å². The molecule has 1 aromatic rings. The minimum absolute atomic E-state index is 0.130. The zero-order valence-corrected chi connectivity index (χ0v) is 12.4. The average molecular weight is 311 g/mol. The lowest BCUT2D eigenvalue weighted by atomic mass is 9.96. The normalized spacial score (nSPS) is 23.1. The van der Waals surface area contributed by atoms with Crippen LogP contribution in [0.15, 0.2) is 28.7 Å². The molecule has 0 spiro atoms. The molecular weight excluding hydrogens is 292 g/mol. The topological polar surface area (TPSA) is 32.3 Å². The first-order valence-corrected chi connectivity index (χ1v) is 7.07. The Kier molecular flexibility index (Phi) is 4.40. The summed E-state index contributed by atoms with van der Waals surface area (Å²) in [4.78, 5) is 14.1. The Labute approximate surface area is 117 Å². The fraction of sp³-hybridized carbons (Fsp3) is 0.500.